The van der Waals surface area contributed by atoms with Crippen LogP contribution in [0.25, 0.3) is 0 Å². The van der Waals surface area contributed by atoms with E-state index in [-0.39, 0.29) is 35.0 Å². The number of hydrogen-bond donors (Lipinski definition) is 3. The number of ether oxygens (including phenoxy) is 2. The van der Waals surface area contributed by atoms with Gasteiger partial charge in [-0.3, -0.25) is 9.48 Å². The maximum absolute atomic E-state index is 14.8. The van der Waals surface area contributed by atoms with Gasteiger partial charge < -0.3 is 31.6 Å². The van der Waals surface area contributed by atoms with E-state index >= 15 is 0 Å². The zero-order chi connectivity index (χ0) is 23.9. The molecule has 2 aromatic rings. The number of amides is 1. The zero-order valence-corrected chi connectivity index (χ0v) is 19.0. The molecule has 0 spiro atoms. The molecule has 3 heterocycles. The van der Waals surface area contributed by atoms with Crippen molar-refractivity contribution in [2.75, 3.05) is 18.6 Å². The third-order valence-corrected chi connectivity index (χ3v) is 7.10. The molecule has 0 saturated carbocycles. The molecule has 1 aromatic carbocycles. The van der Waals surface area contributed by atoms with Crippen LogP contribution in [0.1, 0.15) is 35.6 Å². The molecular formula is C21H26F2N6O3S. The molecule has 2 aliphatic rings. The van der Waals surface area contributed by atoms with Crippen molar-refractivity contribution in [1.29, 1.82) is 0 Å². The number of carbonyl (C=O) groups is 1. The number of nitrogens with zero attached hydrogens (tertiary/aromatic N) is 3. The molecule has 178 valence electrons. The number of primary amides is 1. The van der Waals surface area contributed by atoms with Crippen molar-refractivity contribution in [2.45, 2.75) is 36.5 Å². The Morgan fingerprint density at radius 2 is 2.09 bits per heavy atom. The highest BCUT2D eigenvalue weighted by Gasteiger charge is 2.41. The van der Waals surface area contributed by atoms with Crippen LogP contribution in [0, 0.1) is 11.6 Å². The second-order valence-electron chi connectivity index (χ2n) is 7.94. The molecule has 33 heavy (non-hydrogen) atoms. The Morgan fingerprint density at radius 1 is 1.33 bits per heavy atom. The summed E-state index contributed by atoms with van der Waals surface area (Å²) < 4.78 is 42.0. The van der Waals surface area contributed by atoms with E-state index in [0.29, 0.717) is 24.2 Å². The number of benzene rings is 1. The Labute approximate surface area is 193 Å². The van der Waals surface area contributed by atoms with Crippen LogP contribution in [-0.4, -0.2) is 41.6 Å². The molecule has 1 amide bonds. The second-order valence-corrected chi connectivity index (χ2v) is 9.06. The summed E-state index contributed by atoms with van der Waals surface area (Å²) in [6, 6.07) is 3.67. The Kier molecular flexibility index (Phi) is 6.61. The lowest BCUT2D eigenvalue weighted by atomic mass is 10.0. The van der Waals surface area contributed by atoms with Gasteiger partial charge in [0.05, 0.1) is 35.3 Å². The smallest absolute Gasteiger partial charge is 0.268 e. The normalized spacial score (nSPS) is 26.0. The van der Waals surface area contributed by atoms with Crippen molar-refractivity contribution in [3.63, 3.8) is 0 Å². The summed E-state index contributed by atoms with van der Waals surface area (Å²) in [6.45, 7) is 0.268. The van der Waals surface area contributed by atoms with Crippen LogP contribution in [0.4, 0.5) is 14.5 Å². The Hall–Kier alpha value is -2.67. The summed E-state index contributed by atoms with van der Waals surface area (Å²) in [5.41, 5.74) is 19.1. The van der Waals surface area contributed by atoms with Gasteiger partial charge in [0.25, 0.3) is 5.91 Å². The average Bonchev–Trinajstić information content (AvgIpc) is 3.25. The summed E-state index contributed by atoms with van der Waals surface area (Å²) in [4.78, 5) is 13.9. The average molecular weight is 481 g/mol. The molecule has 0 radical (unpaired) electrons. The Balaban J connectivity index is 1.80. The maximum atomic E-state index is 14.8. The molecule has 1 fully saturated rings. The quantitative estimate of drug-likeness (QED) is 0.589. The first-order chi connectivity index (χ1) is 15.7. The molecule has 4 rings (SSSR count). The van der Waals surface area contributed by atoms with E-state index in [2.05, 4.69) is 5.10 Å². The van der Waals surface area contributed by atoms with Crippen molar-refractivity contribution in [3.8, 4) is 0 Å². The summed E-state index contributed by atoms with van der Waals surface area (Å²) in [6.07, 6.45) is 2.03. The van der Waals surface area contributed by atoms with E-state index in [9.17, 15) is 13.6 Å². The third-order valence-electron chi connectivity index (χ3n) is 5.96. The van der Waals surface area contributed by atoms with Gasteiger partial charge in [0.15, 0.2) is 11.6 Å². The molecule has 4 atom stereocenters. The fourth-order valence-corrected chi connectivity index (χ4v) is 5.45. The monoisotopic (exact) mass is 480 g/mol. The van der Waals surface area contributed by atoms with Crippen molar-refractivity contribution < 1.29 is 23.0 Å². The molecule has 0 bridgehead atoms. The fourth-order valence-electron chi connectivity index (χ4n) is 4.27. The number of thioether (sulfide) groups is 1. The number of rotatable bonds is 5. The predicted octanol–water partition coefficient (Wildman–Crippen LogP) is 1.76. The van der Waals surface area contributed by atoms with E-state index in [1.165, 1.54) is 23.2 Å². The van der Waals surface area contributed by atoms with Crippen molar-refractivity contribution >= 4 is 23.4 Å². The highest BCUT2D eigenvalue weighted by atomic mass is 32.2. The molecule has 2 aliphatic heterocycles. The third kappa shape index (κ3) is 4.19. The number of hydrogen-bond acceptors (Lipinski definition) is 8. The lowest BCUT2D eigenvalue weighted by Crippen LogP contribution is -2.37. The van der Waals surface area contributed by atoms with Crippen LogP contribution >= 0.6 is 11.8 Å². The largest absolute Gasteiger partial charge is 0.392 e. The zero-order valence-electron chi connectivity index (χ0n) is 18.2. The SMILES string of the molecule is CO[C@H]1CO[C@H](c2c(N3C(C(N)=O)=C(N)SC3c3cccc(F)c3F)cnn2C)CC[C@H]1N. The number of anilines is 1. The Bertz CT molecular complexity index is 1090. The van der Waals surface area contributed by atoms with Crippen LogP contribution in [0.3, 0.4) is 0 Å². The summed E-state index contributed by atoms with van der Waals surface area (Å²) in [7, 11) is 3.31. The molecule has 1 aromatic heterocycles. The van der Waals surface area contributed by atoms with Crippen molar-refractivity contribution in [1.82, 2.24) is 9.78 Å². The number of nitrogens with two attached hydrogens (primary N) is 3. The van der Waals surface area contributed by atoms with Crippen LogP contribution in [0.5, 0.6) is 0 Å². The standard InChI is InChI=1S/C21H26F2N6O3S/c1-28-17(14-7-6-12(24)15(31-2)9-32-14)13(8-27-28)29-18(19(25)30)20(26)33-21(29)10-4-3-5-11(22)16(10)23/h3-5,8,12,14-15,21H,6-7,9,24,26H2,1-2H3,(H2,25,30)/t12-,14+,15+,21?/m1/s1. The Morgan fingerprint density at radius 3 is 2.79 bits per heavy atom. The molecule has 9 nitrogen and oxygen atoms in total. The summed E-state index contributed by atoms with van der Waals surface area (Å²) in [5, 5.41) is 3.59. The van der Waals surface area contributed by atoms with Crippen LogP contribution in [-0.2, 0) is 21.3 Å². The first-order valence-electron chi connectivity index (χ1n) is 10.4. The number of aromatic nitrogens is 2. The van der Waals surface area contributed by atoms with Gasteiger partial charge in [-0.05, 0) is 18.9 Å². The minimum atomic E-state index is -1.02. The van der Waals surface area contributed by atoms with Crippen LogP contribution in [0.15, 0.2) is 35.1 Å². The van der Waals surface area contributed by atoms with E-state index in [0.717, 1.165) is 17.8 Å². The fraction of sp³-hybridized carbons (Fsp3) is 0.429. The molecule has 12 heteroatoms. The number of carbonyl (C=O) groups excluding carboxylic acids is 1. The van der Waals surface area contributed by atoms with Crippen LogP contribution < -0.4 is 22.1 Å². The number of methoxy groups -OCH3 is 1. The molecule has 1 unspecified atom stereocenters. The highest BCUT2D eigenvalue weighted by molar-refractivity contribution is 8.03. The van der Waals surface area contributed by atoms with E-state index < -0.39 is 29.0 Å². The topological polar surface area (TPSA) is 135 Å². The van der Waals surface area contributed by atoms with Gasteiger partial charge in [-0.15, -0.1) is 0 Å². The molecule has 0 aliphatic carbocycles. The number of halogens is 2. The van der Waals surface area contributed by atoms with Gasteiger partial charge in [0.2, 0.25) is 0 Å². The van der Waals surface area contributed by atoms with Gasteiger partial charge in [0, 0.05) is 25.8 Å². The van der Waals surface area contributed by atoms with E-state index in [1.807, 2.05) is 0 Å². The predicted molar refractivity (Wildman–Crippen MR) is 119 cm³/mol. The molecule has 1 saturated heterocycles. The maximum Gasteiger partial charge on any atom is 0.268 e. The van der Waals surface area contributed by atoms with E-state index in [4.69, 9.17) is 26.7 Å². The van der Waals surface area contributed by atoms with Gasteiger partial charge >= 0.3 is 0 Å². The van der Waals surface area contributed by atoms with Crippen molar-refractivity contribution in [3.05, 3.63) is 58.0 Å². The first-order valence-corrected chi connectivity index (χ1v) is 11.2. The summed E-state index contributed by atoms with van der Waals surface area (Å²) >= 11 is 1.01. The van der Waals surface area contributed by atoms with E-state index in [1.54, 1.807) is 18.8 Å². The van der Waals surface area contributed by atoms with Crippen LogP contribution in [0.2, 0.25) is 0 Å². The molecule has 6 N–H and O–H groups in total. The summed E-state index contributed by atoms with van der Waals surface area (Å²) in [5.74, 6) is -2.82. The van der Waals surface area contributed by atoms with Crippen molar-refractivity contribution in [2.24, 2.45) is 24.2 Å². The minimum absolute atomic E-state index is 0.0111. The molecular weight excluding hydrogens is 454 g/mol. The lowest BCUT2D eigenvalue weighted by Gasteiger charge is -2.29. The number of aryl methyl sites for hydroxylation is 1. The van der Waals surface area contributed by atoms with Gasteiger partial charge in [-0.25, -0.2) is 8.78 Å². The lowest BCUT2D eigenvalue weighted by molar-refractivity contribution is -0.114. The second kappa shape index (κ2) is 9.29. The minimum Gasteiger partial charge on any atom is -0.392 e. The highest BCUT2D eigenvalue weighted by Crippen LogP contribution is 2.50. The van der Waals surface area contributed by atoms with Gasteiger partial charge in [-0.1, -0.05) is 23.9 Å². The first kappa shape index (κ1) is 23.5. The van der Waals surface area contributed by atoms with Gasteiger partial charge in [0.1, 0.15) is 17.2 Å². The van der Waals surface area contributed by atoms with Gasteiger partial charge in [-0.2, -0.15) is 5.10 Å².